The summed E-state index contributed by atoms with van der Waals surface area (Å²) in [4.78, 5) is 11.3. The third-order valence-corrected chi connectivity index (χ3v) is 4.62. The zero-order chi connectivity index (χ0) is 15.5. The highest BCUT2D eigenvalue weighted by Gasteiger charge is 2.26. The van der Waals surface area contributed by atoms with Crippen LogP contribution < -0.4 is 5.32 Å². The van der Waals surface area contributed by atoms with Crippen molar-refractivity contribution >= 4 is 21.4 Å². The highest BCUT2D eigenvalue weighted by molar-refractivity contribution is 7.91. The Kier molecular flexibility index (Phi) is 4.72. The van der Waals surface area contributed by atoms with Crippen LogP contribution in [0.3, 0.4) is 0 Å². The van der Waals surface area contributed by atoms with Crippen LogP contribution in [0.4, 0.5) is 14.5 Å². The molecule has 1 aliphatic carbocycles. The number of amides is 1. The third kappa shape index (κ3) is 3.87. The SMILES string of the molecule is O=C(CC1C=CCC1)Nc1cccc(S(=O)(=O)C(F)F)c1. The van der Waals surface area contributed by atoms with E-state index >= 15 is 0 Å². The molecular weight excluding hydrogens is 300 g/mol. The second-order valence-electron chi connectivity index (χ2n) is 4.85. The zero-order valence-corrected chi connectivity index (χ0v) is 11.9. The number of alkyl halides is 2. The molecule has 1 amide bonds. The first kappa shape index (κ1) is 15.6. The van der Waals surface area contributed by atoms with Crippen LogP contribution >= 0.6 is 0 Å². The van der Waals surface area contributed by atoms with Gasteiger partial charge in [0.2, 0.25) is 15.7 Å². The summed E-state index contributed by atoms with van der Waals surface area (Å²) in [6, 6.07) is 4.91. The van der Waals surface area contributed by atoms with Crippen molar-refractivity contribution in [3.05, 3.63) is 36.4 Å². The molecule has 1 aromatic rings. The molecule has 0 heterocycles. The average molecular weight is 315 g/mol. The Morgan fingerprint density at radius 1 is 1.38 bits per heavy atom. The summed E-state index contributed by atoms with van der Waals surface area (Å²) in [5.74, 6) is -3.57. The second-order valence-corrected chi connectivity index (χ2v) is 6.77. The van der Waals surface area contributed by atoms with Gasteiger partial charge in [0.25, 0.3) is 0 Å². The molecule has 0 radical (unpaired) electrons. The predicted molar refractivity (Wildman–Crippen MR) is 74.7 cm³/mol. The molecule has 7 heteroatoms. The second kappa shape index (κ2) is 6.34. The van der Waals surface area contributed by atoms with Crippen LogP contribution in [0.25, 0.3) is 0 Å². The van der Waals surface area contributed by atoms with Crippen LogP contribution in [0.2, 0.25) is 0 Å². The lowest BCUT2D eigenvalue weighted by Crippen LogP contribution is -2.16. The topological polar surface area (TPSA) is 63.2 Å². The molecule has 4 nitrogen and oxygen atoms in total. The normalized spacial score (nSPS) is 18.1. The number of sulfone groups is 1. The Morgan fingerprint density at radius 3 is 2.76 bits per heavy atom. The minimum atomic E-state index is -4.65. The van der Waals surface area contributed by atoms with Gasteiger partial charge in [-0.15, -0.1) is 0 Å². The molecule has 1 atom stereocenters. The van der Waals surface area contributed by atoms with Crippen molar-refractivity contribution in [3.63, 3.8) is 0 Å². The summed E-state index contributed by atoms with van der Waals surface area (Å²) < 4.78 is 47.7. The van der Waals surface area contributed by atoms with Gasteiger partial charge in [-0.2, -0.15) is 8.78 Å². The fraction of sp³-hybridized carbons (Fsp3) is 0.357. The number of benzene rings is 1. The van der Waals surface area contributed by atoms with Crippen molar-refractivity contribution in [2.24, 2.45) is 5.92 Å². The lowest BCUT2D eigenvalue weighted by atomic mass is 10.1. The van der Waals surface area contributed by atoms with Crippen molar-refractivity contribution in [3.8, 4) is 0 Å². The van der Waals surface area contributed by atoms with Gasteiger partial charge in [-0.3, -0.25) is 4.79 Å². The highest BCUT2D eigenvalue weighted by atomic mass is 32.2. The summed E-state index contributed by atoms with van der Waals surface area (Å²) >= 11 is 0. The first-order valence-electron chi connectivity index (χ1n) is 6.48. The van der Waals surface area contributed by atoms with E-state index in [-0.39, 0.29) is 17.5 Å². The third-order valence-electron chi connectivity index (χ3n) is 3.24. The Morgan fingerprint density at radius 2 is 2.14 bits per heavy atom. The van der Waals surface area contributed by atoms with Crippen LogP contribution in [0.15, 0.2) is 41.3 Å². The lowest BCUT2D eigenvalue weighted by Gasteiger charge is -2.10. The molecule has 1 aromatic carbocycles. The molecule has 2 rings (SSSR count). The molecule has 0 saturated carbocycles. The van der Waals surface area contributed by atoms with Crippen molar-refractivity contribution < 1.29 is 22.0 Å². The molecule has 1 N–H and O–H groups in total. The van der Waals surface area contributed by atoms with E-state index in [2.05, 4.69) is 5.32 Å². The van der Waals surface area contributed by atoms with Gasteiger partial charge in [0, 0.05) is 12.1 Å². The monoisotopic (exact) mass is 315 g/mol. The smallest absolute Gasteiger partial charge is 0.326 e. The van der Waals surface area contributed by atoms with E-state index in [9.17, 15) is 22.0 Å². The molecule has 0 bridgehead atoms. The number of carbonyl (C=O) groups is 1. The van der Waals surface area contributed by atoms with E-state index < -0.39 is 20.5 Å². The van der Waals surface area contributed by atoms with Crippen LogP contribution in [0, 0.1) is 5.92 Å². The Hall–Kier alpha value is -1.76. The molecular formula is C14H15F2NO3S. The molecule has 114 valence electrons. The minimum Gasteiger partial charge on any atom is -0.326 e. The van der Waals surface area contributed by atoms with Gasteiger partial charge in [0.15, 0.2) is 0 Å². The maximum absolute atomic E-state index is 12.5. The molecule has 1 aliphatic rings. The van der Waals surface area contributed by atoms with Gasteiger partial charge >= 0.3 is 5.76 Å². The quantitative estimate of drug-likeness (QED) is 0.850. The van der Waals surface area contributed by atoms with Crippen molar-refractivity contribution in [2.75, 3.05) is 5.32 Å². The van der Waals surface area contributed by atoms with Gasteiger partial charge in [0.05, 0.1) is 4.90 Å². The lowest BCUT2D eigenvalue weighted by molar-refractivity contribution is -0.116. The Bertz CT molecular complexity index is 656. The maximum Gasteiger partial charge on any atom is 0.341 e. The standard InChI is InChI=1S/C14H15F2NO3S/c15-14(16)21(19,20)12-7-3-6-11(9-12)17-13(18)8-10-4-1-2-5-10/h1,3-4,6-7,9-10,14H,2,5,8H2,(H,17,18). The minimum absolute atomic E-state index is 0.179. The van der Waals surface area contributed by atoms with Crippen molar-refractivity contribution in [2.45, 2.75) is 29.9 Å². The van der Waals surface area contributed by atoms with Gasteiger partial charge in [-0.25, -0.2) is 8.42 Å². The van der Waals surface area contributed by atoms with Gasteiger partial charge in [0.1, 0.15) is 0 Å². The van der Waals surface area contributed by atoms with Crippen LogP contribution in [-0.4, -0.2) is 20.1 Å². The van der Waals surface area contributed by atoms with Crippen molar-refractivity contribution in [1.29, 1.82) is 0 Å². The van der Waals surface area contributed by atoms with Crippen molar-refractivity contribution in [1.82, 2.24) is 0 Å². The number of carbonyl (C=O) groups excluding carboxylic acids is 1. The first-order chi connectivity index (χ1) is 9.89. The predicted octanol–water partition coefficient (Wildman–Crippen LogP) is 2.98. The number of nitrogens with one attached hydrogen (secondary N) is 1. The van der Waals surface area contributed by atoms with E-state index in [0.29, 0.717) is 6.42 Å². The van der Waals surface area contributed by atoms with E-state index in [1.165, 1.54) is 12.1 Å². The van der Waals surface area contributed by atoms with Gasteiger partial charge in [-0.1, -0.05) is 18.2 Å². The number of hydrogen-bond acceptors (Lipinski definition) is 3. The van der Waals surface area contributed by atoms with E-state index in [4.69, 9.17) is 0 Å². The first-order valence-corrected chi connectivity index (χ1v) is 8.03. The average Bonchev–Trinajstić information content (AvgIpc) is 2.91. The summed E-state index contributed by atoms with van der Waals surface area (Å²) in [5.41, 5.74) is 0.198. The fourth-order valence-corrected chi connectivity index (χ4v) is 2.93. The number of allylic oxidation sites excluding steroid dienone is 2. The summed E-state index contributed by atoms with van der Waals surface area (Å²) in [5, 5.41) is 2.54. The molecule has 1 unspecified atom stereocenters. The molecule has 0 saturated heterocycles. The number of hydrogen-bond donors (Lipinski definition) is 1. The van der Waals surface area contributed by atoms with E-state index in [0.717, 1.165) is 25.0 Å². The summed E-state index contributed by atoms with van der Waals surface area (Å²) in [7, 11) is -4.65. The number of rotatable bonds is 5. The number of anilines is 1. The maximum atomic E-state index is 12.5. The molecule has 0 spiro atoms. The molecule has 0 aliphatic heterocycles. The molecule has 21 heavy (non-hydrogen) atoms. The van der Waals surface area contributed by atoms with E-state index in [1.54, 1.807) is 0 Å². The van der Waals surface area contributed by atoms with E-state index in [1.807, 2.05) is 12.2 Å². The van der Waals surface area contributed by atoms with Crippen LogP contribution in [0.5, 0.6) is 0 Å². The number of halogens is 2. The largest absolute Gasteiger partial charge is 0.341 e. The fourth-order valence-electron chi connectivity index (χ4n) is 2.17. The Balaban J connectivity index is 2.07. The van der Waals surface area contributed by atoms with Crippen LogP contribution in [0.1, 0.15) is 19.3 Å². The van der Waals surface area contributed by atoms with Gasteiger partial charge < -0.3 is 5.32 Å². The zero-order valence-electron chi connectivity index (χ0n) is 11.1. The molecule has 0 fully saturated rings. The Labute approximate surface area is 121 Å². The summed E-state index contributed by atoms with van der Waals surface area (Å²) in [6.45, 7) is 0. The van der Waals surface area contributed by atoms with Gasteiger partial charge in [-0.05, 0) is 37.0 Å². The summed E-state index contributed by atoms with van der Waals surface area (Å²) in [6.07, 6.45) is 6.13. The van der Waals surface area contributed by atoms with Crippen LogP contribution in [-0.2, 0) is 14.6 Å². The highest BCUT2D eigenvalue weighted by Crippen LogP contribution is 2.23. The molecule has 0 aromatic heterocycles.